The van der Waals surface area contributed by atoms with Crippen LogP contribution in [0.15, 0.2) is 66.9 Å². The number of hydrogen-bond donors (Lipinski definition) is 1. The summed E-state index contributed by atoms with van der Waals surface area (Å²) in [6, 6.07) is 18.0. The summed E-state index contributed by atoms with van der Waals surface area (Å²) in [5.41, 5.74) is 1.61. The molecule has 1 aromatic heterocycles. The molecule has 2 aromatic carbocycles. The van der Waals surface area contributed by atoms with Gasteiger partial charge < -0.3 is 14.8 Å². The molecule has 1 aliphatic carbocycles. The van der Waals surface area contributed by atoms with Gasteiger partial charge in [-0.2, -0.15) is 0 Å². The molecule has 0 bridgehead atoms. The number of carbonyl (C=O) groups excluding carboxylic acids is 1. The Labute approximate surface area is 179 Å². The lowest BCUT2D eigenvalue weighted by molar-refractivity contribution is -0.385. The first-order valence-corrected chi connectivity index (χ1v) is 9.79. The number of benzene rings is 2. The molecular formula is C23H21N3O5. The molecule has 8 heteroatoms. The Morgan fingerprint density at radius 3 is 2.45 bits per heavy atom. The molecule has 1 heterocycles. The fourth-order valence-corrected chi connectivity index (χ4v) is 3.44. The minimum atomic E-state index is -0.480. The molecule has 31 heavy (non-hydrogen) atoms. The van der Waals surface area contributed by atoms with Crippen LogP contribution in [0.3, 0.4) is 0 Å². The quantitative estimate of drug-likeness (QED) is 0.327. The number of carbonyl (C=O) groups is 1. The van der Waals surface area contributed by atoms with Gasteiger partial charge in [0.25, 0.3) is 0 Å². The highest BCUT2D eigenvalue weighted by Crippen LogP contribution is 2.50. The lowest BCUT2D eigenvalue weighted by atomic mass is 10.0. The van der Waals surface area contributed by atoms with Crippen LogP contribution in [-0.4, -0.2) is 23.0 Å². The summed E-state index contributed by atoms with van der Waals surface area (Å²) in [5.74, 6) is -0.0989. The maximum absolute atomic E-state index is 11.8. The Kier molecular flexibility index (Phi) is 5.53. The first kappa shape index (κ1) is 20.3. The molecule has 1 saturated carbocycles. The predicted octanol–water partition coefficient (Wildman–Crippen LogP) is 4.46. The second kappa shape index (κ2) is 8.43. The highest BCUT2D eigenvalue weighted by molar-refractivity contribution is 5.89. The van der Waals surface area contributed by atoms with Crippen LogP contribution in [0, 0.1) is 10.1 Å². The molecule has 0 saturated heterocycles. The Morgan fingerprint density at radius 2 is 1.84 bits per heavy atom. The zero-order chi connectivity index (χ0) is 21.8. The van der Waals surface area contributed by atoms with Crippen molar-refractivity contribution in [1.82, 2.24) is 4.98 Å². The first-order valence-electron chi connectivity index (χ1n) is 9.79. The summed E-state index contributed by atoms with van der Waals surface area (Å²) in [6.07, 6.45) is 3.07. The van der Waals surface area contributed by atoms with Crippen LogP contribution in [0.5, 0.6) is 5.75 Å². The molecule has 0 aliphatic heterocycles. The topological polar surface area (TPSA) is 104 Å². The van der Waals surface area contributed by atoms with Crippen LogP contribution in [0.25, 0.3) is 0 Å². The van der Waals surface area contributed by atoms with E-state index in [0.717, 1.165) is 24.0 Å². The third-order valence-corrected chi connectivity index (χ3v) is 5.27. The highest BCUT2D eigenvalue weighted by atomic mass is 16.6. The Balaban J connectivity index is 1.58. The van der Waals surface area contributed by atoms with E-state index >= 15 is 0 Å². The molecule has 8 nitrogen and oxygen atoms in total. The van der Waals surface area contributed by atoms with Crippen molar-refractivity contribution in [2.24, 2.45) is 0 Å². The van der Waals surface area contributed by atoms with Crippen LogP contribution in [-0.2, 0) is 16.9 Å². The summed E-state index contributed by atoms with van der Waals surface area (Å²) >= 11 is 0. The van der Waals surface area contributed by atoms with E-state index in [9.17, 15) is 14.9 Å². The zero-order valence-electron chi connectivity index (χ0n) is 16.9. The minimum Gasteiger partial charge on any atom is -0.482 e. The smallest absolute Gasteiger partial charge is 0.352 e. The normalized spacial score (nSPS) is 13.8. The molecule has 0 spiro atoms. The lowest BCUT2D eigenvalue weighted by Gasteiger charge is -2.19. The average molecular weight is 419 g/mol. The van der Waals surface area contributed by atoms with Crippen LogP contribution in [0.4, 0.5) is 11.5 Å². The first-order chi connectivity index (χ1) is 15.0. The number of methoxy groups -OCH3 is 1. The van der Waals surface area contributed by atoms with Crippen LogP contribution < -0.4 is 10.1 Å². The zero-order valence-corrected chi connectivity index (χ0v) is 16.9. The van der Waals surface area contributed by atoms with Gasteiger partial charge in [0.1, 0.15) is 6.61 Å². The van der Waals surface area contributed by atoms with E-state index in [1.807, 2.05) is 42.5 Å². The van der Waals surface area contributed by atoms with Gasteiger partial charge >= 0.3 is 11.7 Å². The fraction of sp³-hybridized carbons (Fsp3) is 0.217. The number of anilines is 1. The van der Waals surface area contributed by atoms with Gasteiger partial charge in [0, 0.05) is 12.3 Å². The summed E-state index contributed by atoms with van der Waals surface area (Å²) in [5, 5.41) is 15.1. The third kappa shape index (κ3) is 4.32. The van der Waals surface area contributed by atoms with Crippen molar-refractivity contribution in [3.63, 3.8) is 0 Å². The number of rotatable bonds is 8. The monoisotopic (exact) mass is 419 g/mol. The highest BCUT2D eigenvalue weighted by Gasteiger charge is 2.46. The Bertz CT molecular complexity index is 1100. The van der Waals surface area contributed by atoms with Crippen LogP contribution in [0.2, 0.25) is 0 Å². The number of nitro groups is 1. The van der Waals surface area contributed by atoms with Crippen molar-refractivity contribution >= 4 is 17.5 Å². The van der Waals surface area contributed by atoms with Gasteiger partial charge in [-0.1, -0.05) is 42.5 Å². The molecule has 1 N–H and O–H groups in total. The Hall–Kier alpha value is -3.94. The predicted molar refractivity (Wildman–Crippen MR) is 114 cm³/mol. The number of esters is 1. The fourth-order valence-electron chi connectivity index (χ4n) is 3.44. The second-order valence-corrected chi connectivity index (χ2v) is 7.31. The third-order valence-electron chi connectivity index (χ3n) is 5.27. The number of nitrogens with one attached hydrogen (secondary N) is 1. The van der Waals surface area contributed by atoms with E-state index in [2.05, 4.69) is 10.3 Å². The van der Waals surface area contributed by atoms with Gasteiger partial charge in [0.05, 0.1) is 23.1 Å². The summed E-state index contributed by atoms with van der Waals surface area (Å²) < 4.78 is 10.5. The molecule has 0 unspecified atom stereocenters. The number of nitrogens with zero attached hydrogens (tertiary/aromatic N) is 2. The molecule has 0 amide bonds. The van der Waals surface area contributed by atoms with E-state index in [1.54, 1.807) is 12.1 Å². The van der Waals surface area contributed by atoms with E-state index in [4.69, 9.17) is 9.47 Å². The van der Waals surface area contributed by atoms with Crippen molar-refractivity contribution in [3.05, 3.63) is 93.7 Å². The molecule has 4 rings (SSSR count). The van der Waals surface area contributed by atoms with Crippen molar-refractivity contribution in [3.8, 4) is 5.75 Å². The molecular weight excluding hydrogens is 398 g/mol. The number of ether oxygens (including phenoxy) is 2. The lowest BCUT2D eigenvalue weighted by Crippen LogP contribution is -2.20. The summed E-state index contributed by atoms with van der Waals surface area (Å²) in [4.78, 5) is 27.2. The Morgan fingerprint density at radius 1 is 1.13 bits per heavy atom. The molecule has 1 fully saturated rings. The molecule has 158 valence electrons. The van der Waals surface area contributed by atoms with E-state index < -0.39 is 16.4 Å². The standard InChI is InChI=1S/C23H21N3O5/c1-30-22(27)17-7-9-18(10-8-17)23(12-13-23)25-21-20(26(28)29)19(11-14-24-21)31-15-16-5-3-2-4-6-16/h2-11,14H,12-13,15H2,1H3,(H,24,25). The molecule has 1 aliphatic rings. The van der Waals surface area contributed by atoms with Gasteiger partial charge in [-0.05, 0) is 36.1 Å². The molecule has 0 atom stereocenters. The SMILES string of the molecule is COC(=O)c1ccc(C2(Nc3nccc(OCc4ccccc4)c3[N+](=O)[O-])CC2)cc1. The van der Waals surface area contributed by atoms with E-state index in [1.165, 1.54) is 19.4 Å². The van der Waals surface area contributed by atoms with Crippen molar-refractivity contribution in [2.75, 3.05) is 12.4 Å². The van der Waals surface area contributed by atoms with Crippen molar-refractivity contribution in [2.45, 2.75) is 25.0 Å². The van der Waals surface area contributed by atoms with Crippen molar-refractivity contribution < 1.29 is 19.2 Å². The minimum absolute atomic E-state index is 0.156. The van der Waals surface area contributed by atoms with Gasteiger partial charge in [-0.15, -0.1) is 0 Å². The number of aromatic nitrogens is 1. The maximum atomic E-state index is 11.8. The summed E-state index contributed by atoms with van der Waals surface area (Å²) in [7, 11) is 1.33. The average Bonchev–Trinajstić information content (AvgIpc) is 3.58. The van der Waals surface area contributed by atoms with Crippen LogP contribution >= 0.6 is 0 Å². The molecule has 0 radical (unpaired) electrons. The van der Waals surface area contributed by atoms with E-state index in [0.29, 0.717) is 5.56 Å². The maximum Gasteiger partial charge on any atom is 0.352 e. The van der Waals surface area contributed by atoms with E-state index in [-0.39, 0.29) is 23.9 Å². The number of pyridine rings is 1. The summed E-state index contributed by atoms with van der Waals surface area (Å²) in [6.45, 7) is 0.214. The molecule has 3 aromatic rings. The van der Waals surface area contributed by atoms with Gasteiger partial charge in [0.15, 0.2) is 0 Å². The van der Waals surface area contributed by atoms with Gasteiger partial charge in [-0.3, -0.25) is 10.1 Å². The van der Waals surface area contributed by atoms with Gasteiger partial charge in [0.2, 0.25) is 11.6 Å². The number of hydrogen-bond acceptors (Lipinski definition) is 7. The van der Waals surface area contributed by atoms with Crippen LogP contribution in [0.1, 0.15) is 34.3 Å². The largest absolute Gasteiger partial charge is 0.482 e. The van der Waals surface area contributed by atoms with Gasteiger partial charge in [-0.25, -0.2) is 9.78 Å². The second-order valence-electron chi connectivity index (χ2n) is 7.31. The van der Waals surface area contributed by atoms with Crippen molar-refractivity contribution in [1.29, 1.82) is 0 Å².